The van der Waals surface area contributed by atoms with Gasteiger partial charge >= 0.3 is 0 Å². The Morgan fingerprint density at radius 2 is 1.88 bits per heavy atom. The van der Waals surface area contributed by atoms with E-state index in [-0.39, 0.29) is -0.565 Å². The van der Waals surface area contributed by atoms with Crippen molar-refractivity contribution in [3.05, 3.63) is 0 Å². The number of rotatable bonds is 2. The maximum atomic E-state index is 10.1. The predicted octanol–water partition coefficient (Wildman–Crippen LogP) is 2.17. The molecule has 0 fully saturated rings. The summed E-state index contributed by atoms with van der Waals surface area (Å²) in [6.07, 6.45) is 0. The molecular formula is C2H3I3O2S. The average Bonchev–Trinajstić information content (AvgIpc) is 1.21. The highest BCUT2D eigenvalue weighted by Gasteiger charge is 2.19. The lowest BCUT2D eigenvalue weighted by molar-refractivity contribution is 0.566. The van der Waals surface area contributed by atoms with E-state index in [4.69, 9.17) is 4.55 Å². The van der Waals surface area contributed by atoms with Gasteiger partial charge < -0.3 is 4.55 Å². The molecule has 1 N–H and O–H groups in total. The molecule has 6 heteroatoms. The minimum Gasteiger partial charge on any atom is -0.306 e. The molecule has 0 aromatic heterocycles. The zero-order chi connectivity index (χ0) is 6.78. The van der Waals surface area contributed by atoms with Crippen LogP contribution in [0.2, 0.25) is 0 Å². The largest absolute Gasteiger partial charge is 0.306 e. The fourth-order valence-corrected chi connectivity index (χ4v) is 2.82. The highest BCUT2D eigenvalue weighted by molar-refractivity contribution is 14.3. The second-order valence-corrected chi connectivity index (χ2v) is 13.7. The molecule has 1 atom stereocenters. The molecule has 1 unspecified atom stereocenters. The molecule has 0 spiro atoms. The highest BCUT2D eigenvalue weighted by atomic mass is 127. The number of alkyl halides is 3. The summed E-state index contributed by atoms with van der Waals surface area (Å²) in [6, 6.07) is 0. The summed E-state index contributed by atoms with van der Waals surface area (Å²) in [6.45, 7) is 0. The van der Waals surface area contributed by atoms with Gasteiger partial charge in [-0.15, -0.1) is 0 Å². The average molecular weight is 472 g/mol. The van der Waals surface area contributed by atoms with Crippen LogP contribution in [-0.4, -0.2) is 13.9 Å². The number of hydrogen-bond donors (Lipinski definition) is 1. The Hall–Kier alpha value is 2.30. The van der Waals surface area contributed by atoms with Crippen molar-refractivity contribution in [1.29, 1.82) is 0 Å². The quantitative estimate of drug-likeness (QED) is 0.381. The number of halogens is 3. The first-order valence-corrected chi connectivity index (χ1v) is 6.07. The van der Waals surface area contributed by atoms with E-state index in [0.717, 1.165) is 0 Å². The molecule has 0 aliphatic carbocycles. The molecule has 0 rings (SSSR count). The van der Waals surface area contributed by atoms with Gasteiger partial charge in [0, 0.05) is 0 Å². The van der Waals surface area contributed by atoms with E-state index in [1.165, 1.54) is 0 Å². The lowest BCUT2D eigenvalue weighted by Gasteiger charge is -2.06. The van der Waals surface area contributed by atoms with Crippen molar-refractivity contribution in [3.8, 4) is 0 Å². The Labute approximate surface area is 91.3 Å². The Morgan fingerprint density at radius 3 is 1.88 bits per heavy atom. The topological polar surface area (TPSA) is 37.3 Å². The third-order valence-electron chi connectivity index (χ3n) is 0.287. The maximum absolute atomic E-state index is 10.1. The molecule has 50 valence electrons. The van der Waals surface area contributed by atoms with Gasteiger partial charge in [-0.2, -0.15) is 0 Å². The van der Waals surface area contributed by atoms with Gasteiger partial charge in [0.25, 0.3) is 0 Å². The second-order valence-electron chi connectivity index (χ2n) is 1.08. The van der Waals surface area contributed by atoms with Crippen LogP contribution in [0.15, 0.2) is 0 Å². The Balaban J connectivity index is 3.55. The molecule has 0 saturated heterocycles. The molecule has 0 bridgehead atoms. The van der Waals surface area contributed by atoms with E-state index in [1.807, 2.05) is 0 Å². The minimum absolute atomic E-state index is 0.118. The van der Waals surface area contributed by atoms with Gasteiger partial charge in [-0.1, -0.05) is 67.8 Å². The summed E-state index contributed by atoms with van der Waals surface area (Å²) in [7, 11) is 0. The van der Waals surface area contributed by atoms with Gasteiger partial charge in [-0.25, -0.2) is 4.21 Å². The van der Waals surface area contributed by atoms with Crippen LogP contribution in [0.1, 0.15) is 0 Å². The summed E-state index contributed by atoms with van der Waals surface area (Å²) >= 11 is 4.68. The van der Waals surface area contributed by atoms with Crippen molar-refractivity contribution in [2.45, 2.75) is -0.565 Å². The van der Waals surface area contributed by atoms with E-state index in [1.54, 1.807) is 0 Å². The van der Waals surface area contributed by atoms with Crippen LogP contribution in [0.3, 0.4) is 0 Å². The summed E-state index contributed by atoms with van der Waals surface area (Å²) in [5, 5.41) is 0. The number of hydrogen-bond acceptors (Lipinski definition) is 1. The molecule has 0 amide bonds. The molecule has 0 aliphatic rings. The zero-order valence-corrected chi connectivity index (χ0v) is 10.9. The van der Waals surface area contributed by atoms with Gasteiger partial charge in [0.15, 0.2) is 11.1 Å². The molecule has 8 heavy (non-hydrogen) atoms. The van der Waals surface area contributed by atoms with Gasteiger partial charge in [0.1, 0.15) is -0.565 Å². The highest BCUT2D eigenvalue weighted by Crippen LogP contribution is 2.35. The van der Waals surface area contributed by atoms with Crippen LogP contribution >= 0.6 is 67.8 Å². The zero-order valence-electron chi connectivity index (χ0n) is 3.60. The predicted molar refractivity (Wildman–Crippen MR) is 60.4 cm³/mol. The van der Waals surface area contributed by atoms with Crippen molar-refractivity contribution in [2.75, 3.05) is 5.75 Å². The maximum Gasteiger partial charge on any atom is 0.155 e. The van der Waals surface area contributed by atoms with Crippen molar-refractivity contribution in [2.24, 2.45) is 0 Å². The lowest BCUT2D eigenvalue weighted by Crippen LogP contribution is -2.10. The fourth-order valence-electron chi connectivity index (χ4n) is 0.140. The van der Waals surface area contributed by atoms with Crippen molar-refractivity contribution >= 4 is 78.9 Å². The third-order valence-corrected chi connectivity index (χ3v) is 3.66. The molecule has 0 radical (unpaired) electrons. The normalized spacial score (nSPS) is 16.0. The van der Waals surface area contributed by atoms with Crippen molar-refractivity contribution in [3.63, 3.8) is 0 Å². The molecule has 2 nitrogen and oxygen atoms in total. The van der Waals surface area contributed by atoms with Crippen LogP contribution in [0, 0.1) is 0 Å². The van der Waals surface area contributed by atoms with Crippen molar-refractivity contribution in [1.82, 2.24) is 0 Å². The summed E-state index contributed by atoms with van der Waals surface area (Å²) in [5.41, 5.74) is 0. The molecule has 0 aromatic rings. The van der Waals surface area contributed by atoms with Crippen LogP contribution < -0.4 is 0 Å². The molecular weight excluding hydrogens is 469 g/mol. The second kappa shape index (κ2) is 4.23. The van der Waals surface area contributed by atoms with Crippen LogP contribution in [0.4, 0.5) is 0 Å². The smallest absolute Gasteiger partial charge is 0.155 e. The van der Waals surface area contributed by atoms with E-state index in [0.29, 0.717) is 5.75 Å². The van der Waals surface area contributed by atoms with Gasteiger partial charge in [-0.3, -0.25) is 0 Å². The van der Waals surface area contributed by atoms with Crippen LogP contribution in [-0.2, 0) is 11.1 Å². The van der Waals surface area contributed by atoms with Gasteiger partial charge in [0.05, 0.1) is 5.75 Å². The molecule has 0 heterocycles. The fraction of sp³-hybridized carbons (Fsp3) is 1.00. The lowest BCUT2D eigenvalue weighted by atomic mass is 11.0. The third kappa shape index (κ3) is 8.30. The summed E-state index contributed by atoms with van der Waals surface area (Å²) in [5.74, 6) is 0.314. The van der Waals surface area contributed by atoms with Crippen LogP contribution in [0.5, 0.6) is 0 Å². The molecule has 0 saturated carbocycles. The SMILES string of the molecule is O=S(O)CC(I)(I)I. The summed E-state index contributed by atoms with van der Waals surface area (Å²) < 4.78 is 18.3. The monoisotopic (exact) mass is 472 g/mol. The van der Waals surface area contributed by atoms with E-state index < -0.39 is 11.1 Å². The first-order chi connectivity index (χ1) is 3.42. The first-order valence-electron chi connectivity index (χ1n) is 1.56. The Bertz CT molecular complexity index is 97.9. The first kappa shape index (κ1) is 10.3. The Morgan fingerprint density at radius 1 is 1.50 bits per heavy atom. The summed E-state index contributed by atoms with van der Waals surface area (Å²) in [4.78, 5) is 0. The van der Waals surface area contributed by atoms with Gasteiger partial charge in [-0.05, 0) is 0 Å². The Kier molecular flexibility index (Phi) is 5.45. The van der Waals surface area contributed by atoms with Crippen LogP contribution in [0.25, 0.3) is 0 Å². The minimum atomic E-state index is -1.66. The van der Waals surface area contributed by atoms with E-state index >= 15 is 0 Å². The molecule has 0 aromatic carbocycles. The van der Waals surface area contributed by atoms with Gasteiger partial charge in [0.2, 0.25) is 0 Å². The van der Waals surface area contributed by atoms with E-state index in [9.17, 15) is 4.21 Å². The van der Waals surface area contributed by atoms with Crippen molar-refractivity contribution < 1.29 is 8.76 Å². The standard InChI is InChI=1S/C2H3I3O2S/c3-2(4,5)1-8(6)7/h1H2,(H,6,7). The van der Waals surface area contributed by atoms with E-state index in [2.05, 4.69) is 67.8 Å². The molecule has 0 aliphatic heterocycles.